The Labute approximate surface area is 130 Å². The molecule has 2 rings (SSSR count). The fourth-order valence-corrected chi connectivity index (χ4v) is 3.14. The normalized spacial score (nSPS) is 11.1. The number of hydrogen-bond donors (Lipinski definition) is 0. The van der Waals surface area contributed by atoms with E-state index in [9.17, 15) is 0 Å². The lowest BCUT2D eigenvalue weighted by molar-refractivity contribution is 0.309. The second kappa shape index (κ2) is 7.00. The van der Waals surface area contributed by atoms with Gasteiger partial charge in [-0.1, -0.05) is 6.92 Å². The molecule has 0 fully saturated rings. The molecule has 0 N–H and O–H groups in total. The van der Waals surface area contributed by atoms with Gasteiger partial charge in [-0.3, -0.25) is 9.88 Å². The SMILES string of the molecule is CCc1nc(CN(C)Cc2ncc(C)c(OC)c2C)cs1. The maximum atomic E-state index is 5.46. The second-order valence-corrected chi connectivity index (χ2v) is 6.25. The number of hydrogen-bond acceptors (Lipinski definition) is 5. The molecule has 4 nitrogen and oxygen atoms in total. The van der Waals surface area contributed by atoms with Crippen LogP contribution in [-0.2, 0) is 19.5 Å². The van der Waals surface area contributed by atoms with E-state index < -0.39 is 0 Å². The predicted octanol–water partition coefficient (Wildman–Crippen LogP) is 3.36. The van der Waals surface area contributed by atoms with Crippen LogP contribution in [-0.4, -0.2) is 29.0 Å². The molecule has 0 saturated heterocycles. The van der Waals surface area contributed by atoms with Crippen LogP contribution in [0.3, 0.4) is 0 Å². The maximum Gasteiger partial charge on any atom is 0.128 e. The summed E-state index contributed by atoms with van der Waals surface area (Å²) in [7, 11) is 3.81. The number of methoxy groups -OCH3 is 1. The van der Waals surface area contributed by atoms with E-state index in [2.05, 4.69) is 41.1 Å². The first-order valence-corrected chi connectivity index (χ1v) is 8.04. The van der Waals surface area contributed by atoms with Gasteiger partial charge >= 0.3 is 0 Å². The van der Waals surface area contributed by atoms with E-state index in [0.29, 0.717) is 0 Å². The molecule has 2 aromatic heterocycles. The molecule has 0 aliphatic heterocycles. The van der Waals surface area contributed by atoms with Crippen molar-refractivity contribution in [3.8, 4) is 5.75 Å². The molecule has 114 valence electrons. The highest BCUT2D eigenvalue weighted by atomic mass is 32.1. The zero-order valence-electron chi connectivity index (χ0n) is 13.4. The number of aryl methyl sites for hydroxylation is 2. The third-order valence-corrected chi connectivity index (χ3v) is 4.55. The summed E-state index contributed by atoms with van der Waals surface area (Å²) in [5.41, 5.74) is 4.40. The van der Waals surface area contributed by atoms with Crippen molar-refractivity contribution in [3.63, 3.8) is 0 Å². The van der Waals surface area contributed by atoms with E-state index in [1.54, 1.807) is 18.4 Å². The van der Waals surface area contributed by atoms with Gasteiger partial charge in [0.2, 0.25) is 0 Å². The van der Waals surface area contributed by atoms with Gasteiger partial charge in [0.15, 0.2) is 0 Å². The molecule has 2 aromatic rings. The molecule has 0 bridgehead atoms. The summed E-state index contributed by atoms with van der Waals surface area (Å²) in [6.45, 7) is 7.86. The highest BCUT2D eigenvalue weighted by Crippen LogP contribution is 2.24. The smallest absolute Gasteiger partial charge is 0.128 e. The first kappa shape index (κ1) is 15.9. The number of rotatable bonds is 6. The highest BCUT2D eigenvalue weighted by Gasteiger charge is 2.12. The van der Waals surface area contributed by atoms with Crippen molar-refractivity contribution in [3.05, 3.63) is 39.1 Å². The zero-order chi connectivity index (χ0) is 15.4. The Morgan fingerprint density at radius 1 is 1.29 bits per heavy atom. The fraction of sp³-hybridized carbons (Fsp3) is 0.500. The molecular formula is C16H23N3OS. The van der Waals surface area contributed by atoms with Crippen LogP contribution in [0.5, 0.6) is 5.75 Å². The van der Waals surface area contributed by atoms with Gasteiger partial charge in [-0.15, -0.1) is 11.3 Å². The average molecular weight is 305 g/mol. The minimum absolute atomic E-state index is 0.793. The van der Waals surface area contributed by atoms with Gasteiger partial charge in [-0.25, -0.2) is 4.98 Å². The molecule has 0 spiro atoms. The second-order valence-electron chi connectivity index (χ2n) is 5.30. The number of aromatic nitrogens is 2. The number of pyridine rings is 1. The number of ether oxygens (including phenoxy) is 1. The van der Waals surface area contributed by atoms with Crippen molar-refractivity contribution in [2.45, 2.75) is 40.3 Å². The van der Waals surface area contributed by atoms with Crippen molar-refractivity contribution in [1.29, 1.82) is 0 Å². The molecular weight excluding hydrogens is 282 g/mol. The van der Waals surface area contributed by atoms with Crippen LogP contribution in [0.25, 0.3) is 0 Å². The summed E-state index contributed by atoms with van der Waals surface area (Å²) < 4.78 is 5.46. The summed E-state index contributed by atoms with van der Waals surface area (Å²) in [6, 6.07) is 0. The van der Waals surface area contributed by atoms with E-state index in [4.69, 9.17) is 4.74 Å². The van der Waals surface area contributed by atoms with E-state index in [1.165, 1.54) is 5.01 Å². The first-order valence-electron chi connectivity index (χ1n) is 7.16. The first-order chi connectivity index (χ1) is 10.0. The van der Waals surface area contributed by atoms with Gasteiger partial charge in [0.05, 0.1) is 23.5 Å². The van der Waals surface area contributed by atoms with Gasteiger partial charge in [-0.2, -0.15) is 0 Å². The van der Waals surface area contributed by atoms with E-state index in [-0.39, 0.29) is 0 Å². The lowest BCUT2D eigenvalue weighted by Crippen LogP contribution is -2.19. The Morgan fingerprint density at radius 2 is 2.05 bits per heavy atom. The van der Waals surface area contributed by atoms with Crippen LogP contribution >= 0.6 is 11.3 Å². The molecule has 21 heavy (non-hydrogen) atoms. The van der Waals surface area contributed by atoms with Crippen LogP contribution < -0.4 is 4.74 Å². The Kier molecular flexibility index (Phi) is 5.31. The number of nitrogens with zero attached hydrogens (tertiary/aromatic N) is 3. The fourth-order valence-electron chi connectivity index (χ4n) is 2.40. The summed E-state index contributed by atoms with van der Waals surface area (Å²) in [5.74, 6) is 0.940. The zero-order valence-corrected chi connectivity index (χ0v) is 14.3. The quantitative estimate of drug-likeness (QED) is 0.820. The van der Waals surface area contributed by atoms with Crippen molar-refractivity contribution in [1.82, 2.24) is 14.9 Å². The molecule has 5 heteroatoms. The van der Waals surface area contributed by atoms with Crippen molar-refractivity contribution in [2.24, 2.45) is 0 Å². The molecule has 0 amide bonds. The summed E-state index contributed by atoms with van der Waals surface area (Å²) in [6.07, 6.45) is 2.89. The minimum atomic E-state index is 0.793. The number of thiazole rings is 1. The van der Waals surface area contributed by atoms with Crippen LogP contribution in [0.1, 0.15) is 34.4 Å². The van der Waals surface area contributed by atoms with Crippen LogP contribution in [0, 0.1) is 13.8 Å². The third kappa shape index (κ3) is 3.80. The third-order valence-electron chi connectivity index (χ3n) is 3.50. The Hall–Kier alpha value is -1.46. The minimum Gasteiger partial charge on any atom is -0.496 e. The summed E-state index contributed by atoms with van der Waals surface area (Å²) >= 11 is 1.74. The van der Waals surface area contributed by atoms with Crippen molar-refractivity contribution >= 4 is 11.3 Å². The van der Waals surface area contributed by atoms with Crippen molar-refractivity contribution < 1.29 is 4.74 Å². The Bertz CT molecular complexity index is 610. The monoisotopic (exact) mass is 305 g/mol. The Balaban J connectivity index is 2.07. The lowest BCUT2D eigenvalue weighted by Gasteiger charge is -2.18. The van der Waals surface area contributed by atoms with Crippen LogP contribution in [0.4, 0.5) is 0 Å². The molecule has 0 saturated carbocycles. The molecule has 0 radical (unpaired) electrons. The lowest BCUT2D eigenvalue weighted by atomic mass is 10.1. The van der Waals surface area contributed by atoms with Crippen molar-refractivity contribution in [2.75, 3.05) is 14.2 Å². The van der Waals surface area contributed by atoms with Gasteiger partial charge in [0.25, 0.3) is 0 Å². The molecule has 0 unspecified atom stereocenters. The van der Waals surface area contributed by atoms with Crippen LogP contribution in [0.2, 0.25) is 0 Å². The van der Waals surface area contributed by atoms with E-state index in [1.807, 2.05) is 13.1 Å². The topological polar surface area (TPSA) is 38.2 Å². The van der Waals surface area contributed by atoms with Gasteiger partial charge in [0, 0.05) is 35.8 Å². The Morgan fingerprint density at radius 3 is 2.67 bits per heavy atom. The molecule has 0 aromatic carbocycles. The molecule has 0 atom stereocenters. The van der Waals surface area contributed by atoms with E-state index >= 15 is 0 Å². The highest BCUT2D eigenvalue weighted by molar-refractivity contribution is 7.09. The average Bonchev–Trinajstić information content (AvgIpc) is 2.90. The molecule has 2 heterocycles. The predicted molar refractivity (Wildman–Crippen MR) is 86.9 cm³/mol. The van der Waals surface area contributed by atoms with E-state index in [0.717, 1.165) is 47.8 Å². The molecule has 0 aliphatic carbocycles. The van der Waals surface area contributed by atoms with Gasteiger partial charge in [0.1, 0.15) is 5.75 Å². The standard InChI is InChI=1S/C16H23N3OS/c1-6-15-18-13(10-21-15)8-19(4)9-14-12(3)16(20-5)11(2)7-17-14/h7,10H,6,8-9H2,1-5H3. The van der Waals surface area contributed by atoms with Gasteiger partial charge in [-0.05, 0) is 27.3 Å². The van der Waals surface area contributed by atoms with Gasteiger partial charge < -0.3 is 4.74 Å². The van der Waals surface area contributed by atoms with Crippen LogP contribution in [0.15, 0.2) is 11.6 Å². The largest absolute Gasteiger partial charge is 0.496 e. The maximum absolute atomic E-state index is 5.46. The molecule has 0 aliphatic rings. The summed E-state index contributed by atoms with van der Waals surface area (Å²) in [5, 5.41) is 3.34. The summed E-state index contributed by atoms with van der Waals surface area (Å²) in [4.78, 5) is 11.4.